The molecule has 6 nitrogen and oxygen atoms in total. The number of carbonyl (C=O) groups excluding carboxylic acids is 1. The molecule has 0 amide bonds. The molecule has 0 unspecified atom stereocenters. The molecular formula is C18H21BrN4O2. The zero-order valence-corrected chi connectivity index (χ0v) is 15.8. The second-order valence-corrected chi connectivity index (χ2v) is 6.82. The van der Waals surface area contributed by atoms with Crippen molar-refractivity contribution in [3.05, 3.63) is 51.9 Å². The highest BCUT2D eigenvalue weighted by Gasteiger charge is 2.15. The first-order chi connectivity index (χ1) is 12.1. The van der Waals surface area contributed by atoms with Crippen molar-refractivity contribution in [1.29, 1.82) is 0 Å². The molecule has 0 aromatic carbocycles. The number of anilines is 1. The summed E-state index contributed by atoms with van der Waals surface area (Å²) in [7, 11) is 0. The predicted molar refractivity (Wildman–Crippen MR) is 100 cm³/mol. The molecule has 2 aromatic heterocycles. The first kappa shape index (κ1) is 18.0. The lowest BCUT2D eigenvalue weighted by Crippen LogP contribution is -2.39. The monoisotopic (exact) mass is 404 g/mol. The molecule has 2 aromatic rings. The van der Waals surface area contributed by atoms with Crippen molar-refractivity contribution < 1.29 is 9.53 Å². The summed E-state index contributed by atoms with van der Waals surface area (Å²) in [6.45, 7) is 7.04. The van der Waals surface area contributed by atoms with Gasteiger partial charge in [0.25, 0.3) is 0 Å². The fourth-order valence-corrected chi connectivity index (χ4v) is 3.03. The molecule has 0 saturated carbocycles. The number of aromatic nitrogens is 2. The summed E-state index contributed by atoms with van der Waals surface area (Å²) < 4.78 is 6.13. The maximum Gasteiger partial charge on any atom is 0.213 e. The molecule has 1 aliphatic heterocycles. The standard InChI is InChI=1S/C18H21BrN4O2/c1-13-15(11-14(19)12-21-13)18(24)16-3-2-4-17(22-16)20-5-6-23-7-9-25-10-8-23/h2-4,11-12H,5-10H2,1H3,(H,20,22). The van der Waals surface area contributed by atoms with E-state index in [-0.39, 0.29) is 5.78 Å². The average Bonchev–Trinajstić information content (AvgIpc) is 2.64. The minimum atomic E-state index is -0.122. The maximum atomic E-state index is 12.7. The van der Waals surface area contributed by atoms with Gasteiger partial charge < -0.3 is 10.1 Å². The van der Waals surface area contributed by atoms with Gasteiger partial charge in [0.1, 0.15) is 11.5 Å². The number of pyridine rings is 2. The molecule has 1 fully saturated rings. The number of ether oxygens (including phenoxy) is 1. The van der Waals surface area contributed by atoms with Gasteiger partial charge in [0.15, 0.2) is 0 Å². The van der Waals surface area contributed by atoms with E-state index in [2.05, 4.69) is 36.1 Å². The zero-order chi connectivity index (χ0) is 17.6. The summed E-state index contributed by atoms with van der Waals surface area (Å²) in [5, 5.41) is 3.29. The van der Waals surface area contributed by atoms with E-state index in [4.69, 9.17) is 4.74 Å². The highest BCUT2D eigenvalue weighted by molar-refractivity contribution is 9.10. The molecular weight excluding hydrogens is 384 g/mol. The van der Waals surface area contributed by atoms with Gasteiger partial charge in [-0.15, -0.1) is 0 Å². The van der Waals surface area contributed by atoms with Crippen molar-refractivity contribution in [2.45, 2.75) is 6.92 Å². The lowest BCUT2D eigenvalue weighted by molar-refractivity contribution is 0.0398. The molecule has 0 bridgehead atoms. The van der Waals surface area contributed by atoms with Crippen molar-refractivity contribution >= 4 is 27.5 Å². The third-order valence-corrected chi connectivity index (χ3v) is 4.55. The molecule has 0 aliphatic carbocycles. The summed E-state index contributed by atoms with van der Waals surface area (Å²) in [5.74, 6) is 0.586. The Hall–Kier alpha value is -1.83. The molecule has 1 aliphatic rings. The smallest absolute Gasteiger partial charge is 0.213 e. The van der Waals surface area contributed by atoms with Crippen LogP contribution in [0.4, 0.5) is 5.82 Å². The lowest BCUT2D eigenvalue weighted by atomic mass is 10.1. The Labute approximate surface area is 155 Å². The maximum absolute atomic E-state index is 12.7. The van der Waals surface area contributed by atoms with E-state index in [1.807, 2.05) is 19.1 Å². The normalized spacial score (nSPS) is 15.1. The number of aryl methyl sites for hydroxylation is 1. The molecule has 3 rings (SSSR count). The summed E-state index contributed by atoms with van der Waals surface area (Å²) in [6.07, 6.45) is 1.68. The van der Waals surface area contributed by atoms with Crippen LogP contribution in [0.1, 0.15) is 21.7 Å². The fraction of sp³-hybridized carbons (Fsp3) is 0.389. The molecule has 7 heteroatoms. The van der Waals surface area contributed by atoms with Gasteiger partial charge in [-0.25, -0.2) is 4.98 Å². The molecule has 0 atom stereocenters. The van der Waals surface area contributed by atoms with Crippen LogP contribution in [0.2, 0.25) is 0 Å². The number of nitrogens with zero attached hydrogens (tertiary/aromatic N) is 3. The van der Waals surface area contributed by atoms with Crippen LogP contribution in [0.3, 0.4) is 0 Å². The van der Waals surface area contributed by atoms with Gasteiger partial charge in [-0.3, -0.25) is 14.7 Å². The minimum Gasteiger partial charge on any atom is -0.379 e. The highest BCUT2D eigenvalue weighted by Crippen LogP contribution is 2.17. The molecule has 132 valence electrons. The summed E-state index contributed by atoms with van der Waals surface area (Å²) >= 11 is 3.36. The Morgan fingerprint density at radius 3 is 2.96 bits per heavy atom. The number of hydrogen-bond donors (Lipinski definition) is 1. The minimum absolute atomic E-state index is 0.122. The van der Waals surface area contributed by atoms with Crippen LogP contribution in [-0.4, -0.2) is 60.0 Å². The topological polar surface area (TPSA) is 67.4 Å². The molecule has 0 spiro atoms. The quantitative estimate of drug-likeness (QED) is 0.746. The number of ketones is 1. The second-order valence-electron chi connectivity index (χ2n) is 5.90. The van der Waals surface area contributed by atoms with Crippen molar-refractivity contribution in [2.24, 2.45) is 0 Å². The SMILES string of the molecule is Cc1ncc(Br)cc1C(=O)c1cccc(NCCN2CCOCC2)n1. The number of rotatable bonds is 6. The molecule has 1 saturated heterocycles. The van der Waals surface area contributed by atoms with E-state index in [0.29, 0.717) is 22.8 Å². The van der Waals surface area contributed by atoms with Gasteiger partial charge in [-0.05, 0) is 41.1 Å². The van der Waals surface area contributed by atoms with E-state index < -0.39 is 0 Å². The third-order valence-electron chi connectivity index (χ3n) is 4.12. The van der Waals surface area contributed by atoms with Crippen LogP contribution in [0.5, 0.6) is 0 Å². The summed E-state index contributed by atoms with van der Waals surface area (Å²) in [6, 6.07) is 7.24. The van der Waals surface area contributed by atoms with Crippen molar-refractivity contribution in [3.8, 4) is 0 Å². The van der Waals surface area contributed by atoms with E-state index in [0.717, 1.165) is 43.9 Å². The summed E-state index contributed by atoms with van der Waals surface area (Å²) in [5.41, 5.74) is 1.67. The van der Waals surface area contributed by atoms with Crippen molar-refractivity contribution in [3.63, 3.8) is 0 Å². The van der Waals surface area contributed by atoms with Gasteiger partial charge in [0, 0.05) is 48.1 Å². The van der Waals surface area contributed by atoms with Crippen LogP contribution in [0.15, 0.2) is 34.9 Å². The van der Waals surface area contributed by atoms with E-state index in [1.165, 1.54) is 0 Å². The van der Waals surface area contributed by atoms with Crippen molar-refractivity contribution in [2.75, 3.05) is 44.7 Å². The number of hydrogen-bond acceptors (Lipinski definition) is 6. The largest absolute Gasteiger partial charge is 0.379 e. The molecule has 25 heavy (non-hydrogen) atoms. The van der Waals surface area contributed by atoms with E-state index in [1.54, 1.807) is 18.3 Å². The Morgan fingerprint density at radius 2 is 2.16 bits per heavy atom. The third kappa shape index (κ3) is 4.84. The predicted octanol–water partition coefficient (Wildman–Crippen LogP) is 2.52. The molecule has 3 heterocycles. The van der Waals surface area contributed by atoms with Gasteiger partial charge >= 0.3 is 0 Å². The van der Waals surface area contributed by atoms with Gasteiger partial charge in [-0.1, -0.05) is 6.07 Å². The Morgan fingerprint density at radius 1 is 1.36 bits per heavy atom. The van der Waals surface area contributed by atoms with Gasteiger partial charge in [0.2, 0.25) is 5.78 Å². The highest BCUT2D eigenvalue weighted by atomic mass is 79.9. The average molecular weight is 405 g/mol. The Bertz CT molecular complexity index is 748. The summed E-state index contributed by atoms with van der Waals surface area (Å²) in [4.78, 5) is 23.7. The first-order valence-corrected chi connectivity index (χ1v) is 9.10. The van der Waals surface area contributed by atoms with E-state index in [9.17, 15) is 4.79 Å². The van der Waals surface area contributed by atoms with Crippen LogP contribution >= 0.6 is 15.9 Å². The number of morpholine rings is 1. The van der Waals surface area contributed by atoms with E-state index >= 15 is 0 Å². The van der Waals surface area contributed by atoms with Crippen LogP contribution in [0.25, 0.3) is 0 Å². The van der Waals surface area contributed by atoms with Crippen LogP contribution < -0.4 is 5.32 Å². The fourth-order valence-electron chi connectivity index (χ4n) is 2.70. The number of carbonyl (C=O) groups is 1. The Kier molecular flexibility index (Phi) is 6.12. The van der Waals surface area contributed by atoms with Crippen LogP contribution in [-0.2, 0) is 4.74 Å². The van der Waals surface area contributed by atoms with Crippen molar-refractivity contribution in [1.82, 2.24) is 14.9 Å². The molecule has 1 N–H and O–H groups in total. The first-order valence-electron chi connectivity index (χ1n) is 8.31. The zero-order valence-electron chi connectivity index (χ0n) is 14.2. The molecule has 0 radical (unpaired) electrons. The number of halogens is 1. The van der Waals surface area contributed by atoms with Crippen LogP contribution in [0, 0.1) is 6.92 Å². The lowest BCUT2D eigenvalue weighted by Gasteiger charge is -2.26. The Balaban J connectivity index is 1.64. The van der Waals surface area contributed by atoms with Gasteiger partial charge in [-0.2, -0.15) is 0 Å². The second kappa shape index (κ2) is 8.51. The van der Waals surface area contributed by atoms with Gasteiger partial charge in [0.05, 0.1) is 13.2 Å². The number of nitrogens with one attached hydrogen (secondary N) is 1.